The molecule has 26 heavy (non-hydrogen) atoms. The minimum Gasteiger partial charge on any atom is -0.393 e. The quantitative estimate of drug-likeness (QED) is 0.215. The number of unbranched alkanes of at least 4 members (excludes halogenated alkanes) is 2. The zero-order valence-electron chi connectivity index (χ0n) is 15.4. The summed E-state index contributed by atoms with van der Waals surface area (Å²) in [5, 5.41) is 23.3. The van der Waals surface area contributed by atoms with Crippen molar-refractivity contribution in [1.82, 2.24) is 10.6 Å². The molecule has 0 aliphatic heterocycles. The molecule has 142 valence electrons. The number of aliphatic hydroxyl groups is 1. The largest absolute Gasteiger partial charge is 0.393 e. The van der Waals surface area contributed by atoms with Crippen LogP contribution in [0.2, 0.25) is 0 Å². The number of hydrogen-bond acceptors (Lipinski definition) is 4. The van der Waals surface area contributed by atoms with E-state index in [0.717, 1.165) is 77.0 Å². The first-order valence-electron chi connectivity index (χ1n) is 9.62. The van der Waals surface area contributed by atoms with Gasteiger partial charge in [0.2, 0.25) is 11.8 Å². The summed E-state index contributed by atoms with van der Waals surface area (Å²) in [6.45, 7) is 0. The Morgan fingerprint density at radius 1 is 0.962 bits per heavy atom. The first-order valence-corrected chi connectivity index (χ1v) is 9.62. The third kappa shape index (κ3) is 5.47. The fraction of sp³-hybridized carbons (Fsp3) is 0.750. The molecule has 0 aromatic rings. The molecule has 6 heteroatoms. The second kappa shape index (κ2) is 9.05. The Morgan fingerprint density at radius 3 is 1.81 bits per heavy atom. The van der Waals surface area contributed by atoms with Crippen molar-refractivity contribution in [3.63, 3.8) is 0 Å². The Morgan fingerprint density at radius 2 is 1.42 bits per heavy atom. The lowest BCUT2D eigenvalue weighted by atomic mass is 9.94. The lowest BCUT2D eigenvalue weighted by Gasteiger charge is -2.15. The van der Waals surface area contributed by atoms with Crippen molar-refractivity contribution < 1.29 is 14.7 Å². The summed E-state index contributed by atoms with van der Waals surface area (Å²) < 4.78 is 0. The molecule has 0 radical (unpaired) electrons. The zero-order chi connectivity index (χ0) is 19.0. The lowest BCUT2D eigenvalue weighted by Crippen LogP contribution is -2.28. The van der Waals surface area contributed by atoms with Crippen LogP contribution in [0, 0.1) is 34.8 Å². The number of carbonyl (C=O) groups excluding carboxylic acids is 2. The van der Waals surface area contributed by atoms with Crippen molar-refractivity contribution in [2.24, 2.45) is 10.8 Å². The average molecular weight is 359 g/mol. The van der Waals surface area contributed by atoms with Crippen molar-refractivity contribution in [2.75, 3.05) is 0 Å². The summed E-state index contributed by atoms with van der Waals surface area (Å²) in [6.07, 6.45) is 16.7. The van der Waals surface area contributed by atoms with E-state index in [0.29, 0.717) is 0 Å². The molecule has 0 spiro atoms. The number of rotatable bonds is 12. The normalized spacial score (nSPS) is 19.5. The Balaban J connectivity index is 1.52. The van der Waals surface area contributed by atoms with Gasteiger partial charge < -0.3 is 5.11 Å². The summed E-state index contributed by atoms with van der Waals surface area (Å²) in [5.41, 5.74) is -0.571. The summed E-state index contributed by atoms with van der Waals surface area (Å²) in [4.78, 5) is 23.6. The first kappa shape index (κ1) is 20.3. The molecule has 1 atom stereocenters. The smallest absolute Gasteiger partial charge is 0.239 e. The number of aliphatic hydroxyl groups excluding tert-OH is 1. The number of nitrogens with zero attached hydrogens (tertiary/aromatic N) is 1. The first-order chi connectivity index (χ1) is 12.5. The third-order valence-corrected chi connectivity index (χ3v) is 5.91. The van der Waals surface area contributed by atoms with E-state index >= 15 is 0 Å². The Labute approximate surface area is 155 Å². The van der Waals surface area contributed by atoms with Gasteiger partial charge in [-0.1, -0.05) is 32.1 Å². The maximum atomic E-state index is 11.9. The topological polar surface area (TPSA) is 102 Å². The number of amides is 2. The van der Waals surface area contributed by atoms with Crippen LogP contribution in [0.1, 0.15) is 77.0 Å². The summed E-state index contributed by atoms with van der Waals surface area (Å²) in [6, 6.07) is 2.20. The second-order valence-electron chi connectivity index (χ2n) is 7.87. The van der Waals surface area contributed by atoms with Gasteiger partial charge in [-0.25, -0.2) is 0 Å². The van der Waals surface area contributed by atoms with E-state index in [1.165, 1.54) is 0 Å². The second-order valence-corrected chi connectivity index (χ2v) is 7.87. The molecule has 2 fully saturated rings. The molecule has 2 amide bonds. The molecule has 0 heterocycles. The highest BCUT2D eigenvalue weighted by Gasteiger charge is 2.49. The number of nitrogens with one attached hydrogen (secondary N) is 2. The monoisotopic (exact) mass is 359 g/mol. The molecular formula is C20H29N3O3. The number of terminal acetylenes is 1. The SMILES string of the molecule is C#CNC(=O)C1(CCCCC(O)CCCCC2(C(=O)NC#N)CC2)CC1. The standard InChI is InChI=1S/C20H29N3O3/c1-2-22-17(25)19(11-12-19)9-5-3-7-16(24)8-4-6-10-20(13-14-20)18(26)23-15-21/h1,16,24H,3-14H2,(H,22,25)(H,23,26). The van der Waals surface area contributed by atoms with Crippen LogP contribution in [0.3, 0.4) is 0 Å². The Bertz CT molecular complexity index is 542. The molecule has 2 rings (SSSR count). The third-order valence-electron chi connectivity index (χ3n) is 5.91. The molecule has 2 aliphatic rings. The van der Waals surface area contributed by atoms with Gasteiger partial charge in [0, 0.05) is 6.04 Å². The minimum atomic E-state index is -0.326. The Kier molecular flexibility index (Phi) is 7.06. The highest BCUT2D eigenvalue weighted by atomic mass is 16.3. The van der Waals surface area contributed by atoms with Crippen molar-refractivity contribution in [3.8, 4) is 18.7 Å². The van der Waals surface area contributed by atoms with Gasteiger partial charge >= 0.3 is 0 Å². The van der Waals surface area contributed by atoms with Crippen LogP contribution in [0.25, 0.3) is 0 Å². The Hall–Kier alpha value is -2.05. The maximum Gasteiger partial charge on any atom is 0.239 e. The minimum absolute atomic E-state index is 0.0324. The van der Waals surface area contributed by atoms with E-state index < -0.39 is 0 Å². The van der Waals surface area contributed by atoms with E-state index in [1.807, 2.05) is 0 Å². The summed E-state index contributed by atoms with van der Waals surface area (Å²) in [7, 11) is 0. The number of hydrogen-bond donors (Lipinski definition) is 3. The summed E-state index contributed by atoms with van der Waals surface area (Å²) in [5.74, 6) is -0.182. The highest BCUT2D eigenvalue weighted by Crippen LogP contribution is 2.51. The van der Waals surface area contributed by atoms with Crippen LogP contribution in [-0.4, -0.2) is 23.0 Å². The van der Waals surface area contributed by atoms with Gasteiger partial charge in [-0.15, -0.1) is 0 Å². The van der Waals surface area contributed by atoms with E-state index in [4.69, 9.17) is 11.7 Å². The average Bonchev–Trinajstić information content (AvgIpc) is 3.52. The van der Waals surface area contributed by atoms with Gasteiger partial charge in [0.1, 0.15) is 0 Å². The van der Waals surface area contributed by atoms with Crippen LogP contribution in [0.15, 0.2) is 0 Å². The molecule has 0 aromatic carbocycles. The van der Waals surface area contributed by atoms with Crippen LogP contribution in [0.4, 0.5) is 0 Å². The summed E-state index contributed by atoms with van der Waals surface area (Å²) >= 11 is 0. The van der Waals surface area contributed by atoms with Crippen LogP contribution in [0.5, 0.6) is 0 Å². The molecule has 1 unspecified atom stereocenters. The number of carbonyl (C=O) groups is 2. The van der Waals surface area contributed by atoms with E-state index in [2.05, 4.69) is 16.7 Å². The maximum absolute atomic E-state index is 11.9. The van der Waals surface area contributed by atoms with Gasteiger partial charge in [0.05, 0.1) is 16.9 Å². The predicted octanol–water partition coefficient (Wildman–Crippen LogP) is 2.33. The van der Waals surface area contributed by atoms with Gasteiger partial charge in [-0.05, 0) is 51.4 Å². The molecule has 0 aromatic heterocycles. The van der Waals surface area contributed by atoms with Gasteiger partial charge in [0.25, 0.3) is 0 Å². The molecule has 6 nitrogen and oxygen atoms in total. The molecular weight excluding hydrogens is 330 g/mol. The van der Waals surface area contributed by atoms with Crippen molar-refractivity contribution in [2.45, 2.75) is 83.2 Å². The molecule has 3 N–H and O–H groups in total. The van der Waals surface area contributed by atoms with Crippen LogP contribution >= 0.6 is 0 Å². The molecule has 2 saturated carbocycles. The van der Waals surface area contributed by atoms with Crippen LogP contribution in [-0.2, 0) is 9.59 Å². The van der Waals surface area contributed by atoms with E-state index in [9.17, 15) is 14.7 Å². The number of nitriles is 1. The predicted molar refractivity (Wildman–Crippen MR) is 97.0 cm³/mol. The van der Waals surface area contributed by atoms with Crippen LogP contribution < -0.4 is 10.6 Å². The van der Waals surface area contributed by atoms with Gasteiger partial charge in [-0.3, -0.25) is 20.2 Å². The van der Waals surface area contributed by atoms with Crippen molar-refractivity contribution in [3.05, 3.63) is 0 Å². The fourth-order valence-electron chi connectivity index (χ4n) is 3.70. The highest BCUT2D eigenvalue weighted by molar-refractivity contribution is 5.86. The molecule has 2 aliphatic carbocycles. The zero-order valence-corrected chi connectivity index (χ0v) is 15.4. The fourth-order valence-corrected chi connectivity index (χ4v) is 3.70. The van der Waals surface area contributed by atoms with Gasteiger partial charge in [-0.2, -0.15) is 5.26 Å². The molecule has 0 saturated heterocycles. The molecule has 0 bridgehead atoms. The van der Waals surface area contributed by atoms with Crippen molar-refractivity contribution >= 4 is 11.8 Å². The van der Waals surface area contributed by atoms with Crippen molar-refractivity contribution in [1.29, 1.82) is 5.26 Å². The van der Waals surface area contributed by atoms with Gasteiger partial charge in [0.15, 0.2) is 6.19 Å². The lowest BCUT2D eigenvalue weighted by molar-refractivity contribution is -0.126. The van der Waals surface area contributed by atoms with E-state index in [-0.39, 0.29) is 28.7 Å². The van der Waals surface area contributed by atoms with E-state index in [1.54, 1.807) is 6.19 Å².